The first-order valence-corrected chi connectivity index (χ1v) is 7.28. The summed E-state index contributed by atoms with van der Waals surface area (Å²) in [7, 11) is 0. The molecular formula is C14H24N2. The van der Waals surface area contributed by atoms with E-state index in [9.17, 15) is 0 Å². The van der Waals surface area contributed by atoms with Crippen molar-refractivity contribution in [2.45, 2.75) is 56.5 Å². The smallest absolute Gasteiger partial charge is 0.0365 e. The van der Waals surface area contributed by atoms with Gasteiger partial charge in [-0.15, -0.1) is 0 Å². The third kappa shape index (κ3) is 1.10. The fourth-order valence-corrected chi connectivity index (χ4v) is 5.60. The van der Waals surface area contributed by atoms with Crippen molar-refractivity contribution in [1.82, 2.24) is 4.90 Å². The van der Waals surface area contributed by atoms with Gasteiger partial charge in [0.25, 0.3) is 0 Å². The number of likely N-dealkylation sites (tertiary alicyclic amines) is 1. The van der Waals surface area contributed by atoms with Crippen LogP contribution in [0.15, 0.2) is 0 Å². The second kappa shape index (κ2) is 3.23. The van der Waals surface area contributed by atoms with E-state index in [1.165, 1.54) is 51.5 Å². The number of nitrogens with zero attached hydrogens (tertiary/aromatic N) is 1. The average Bonchev–Trinajstić information content (AvgIpc) is 3.06. The number of rotatable bonds is 2. The van der Waals surface area contributed by atoms with Crippen LogP contribution in [0.3, 0.4) is 0 Å². The van der Waals surface area contributed by atoms with Gasteiger partial charge in [0.1, 0.15) is 0 Å². The summed E-state index contributed by atoms with van der Waals surface area (Å²) in [6, 6.07) is 0.910. The van der Waals surface area contributed by atoms with Gasteiger partial charge in [0.15, 0.2) is 0 Å². The standard InChI is InChI=1S/C14H24N2/c15-9-14(7-10-1-3-12(14)5-10)16-8-11-2-4-13(16)6-11/h10-13H,1-9,15H2. The van der Waals surface area contributed by atoms with Crippen LogP contribution in [0.5, 0.6) is 0 Å². The molecule has 4 rings (SSSR count). The highest BCUT2D eigenvalue weighted by Crippen LogP contribution is 2.56. The third-order valence-corrected chi connectivity index (χ3v) is 6.28. The van der Waals surface area contributed by atoms with E-state index in [4.69, 9.17) is 5.73 Å². The van der Waals surface area contributed by atoms with Gasteiger partial charge in [0.05, 0.1) is 0 Å². The van der Waals surface area contributed by atoms with Gasteiger partial charge in [-0.25, -0.2) is 0 Å². The Balaban J connectivity index is 1.64. The van der Waals surface area contributed by atoms with E-state index in [-0.39, 0.29) is 0 Å². The molecule has 5 unspecified atom stereocenters. The van der Waals surface area contributed by atoms with Crippen LogP contribution < -0.4 is 5.73 Å². The minimum atomic E-state index is 0.447. The number of hydrogen-bond donors (Lipinski definition) is 1. The van der Waals surface area contributed by atoms with E-state index >= 15 is 0 Å². The van der Waals surface area contributed by atoms with Gasteiger partial charge in [-0.2, -0.15) is 0 Å². The molecule has 3 saturated carbocycles. The van der Waals surface area contributed by atoms with Gasteiger partial charge in [0, 0.05) is 24.7 Å². The van der Waals surface area contributed by atoms with Gasteiger partial charge in [-0.1, -0.05) is 6.42 Å². The maximum Gasteiger partial charge on any atom is 0.0365 e. The molecule has 1 saturated heterocycles. The first-order chi connectivity index (χ1) is 7.82. The molecule has 0 amide bonds. The molecule has 4 bridgehead atoms. The number of fused-ring (bicyclic) bond motifs is 4. The maximum atomic E-state index is 6.23. The second-order valence-corrected chi connectivity index (χ2v) is 6.87. The lowest BCUT2D eigenvalue weighted by Gasteiger charge is -2.48. The summed E-state index contributed by atoms with van der Waals surface area (Å²) in [6.07, 6.45) is 10.3. The molecule has 2 N–H and O–H groups in total. The predicted octanol–water partition coefficient (Wildman–Crippen LogP) is 1.99. The molecule has 0 spiro atoms. The molecule has 5 atom stereocenters. The minimum absolute atomic E-state index is 0.447. The highest BCUT2D eigenvalue weighted by molar-refractivity contribution is 5.12. The molecule has 4 fully saturated rings. The Morgan fingerprint density at radius 2 is 1.94 bits per heavy atom. The first-order valence-electron chi connectivity index (χ1n) is 7.28. The van der Waals surface area contributed by atoms with Crippen molar-refractivity contribution in [1.29, 1.82) is 0 Å². The van der Waals surface area contributed by atoms with E-state index in [0.717, 1.165) is 30.3 Å². The Morgan fingerprint density at radius 1 is 1.06 bits per heavy atom. The molecule has 16 heavy (non-hydrogen) atoms. The molecule has 4 aliphatic rings. The van der Waals surface area contributed by atoms with Gasteiger partial charge in [-0.3, -0.25) is 4.90 Å². The molecule has 2 heteroatoms. The quantitative estimate of drug-likeness (QED) is 0.771. The Labute approximate surface area is 98.6 Å². The van der Waals surface area contributed by atoms with Crippen molar-refractivity contribution in [2.24, 2.45) is 23.5 Å². The van der Waals surface area contributed by atoms with Crippen molar-refractivity contribution in [3.05, 3.63) is 0 Å². The van der Waals surface area contributed by atoms with Crippen molar-refractivity contribution < 1.29 is 0 Å². The monoisotopic (exact) mass is 220 g/mol. The zero-order valence-electron chi connectivity index (χ0n) is 10.2. The van der Waals surface area contributed by atoms with Crippen molar-refractivity contribution in [3.8, 4) is 0 Å². The van der Waals surface area contributed by atoms with E-state index in [1.54, 1.807) is 0 Å². The van der Waals surface area contributed by atoms with E-state index in [0.29, 0.717) is 5.54 Å². The topological polar surface area (TPSA) is 29.3 Å². The zero-order chi connectivity index (χ0) is 10.8. The van der Waals surface area contributed by atoms with Gasteiger partial charge >= 0.3 is 0 Å². The molecule has 2 nitrogen and oxygen atoms in total. The summed E-state index contributed by atoms with van der Waals surface area (Å²) in [4.78, 5) is 2.88. The van der Waals surface area contributed by atoms with Crippen LogP contribution >= 0.6 is 0 Å². The summed E-state index contributed by atoms with van der Waals surface area (Å²) in [6.45, 7) is 2.31. The second-order valence-electron chi connectivity index (χ2n) is 6.87. The molecule has 0 aromatic rings. The molecule has 90 valence electrons. The van der Waals surface area contributed by atoms with Crippen LogP contribution in [0.2, 0.25) is 0 Å². The van der Waals surface area contributed by atoms with E-state index < -0.39 is 0 Å². The SMILES string of the molecule is NCC1(N2CC3CCC2C3)CC2CCC1C2. The predicted molar refractivity (Wildman–Crippen MR) is 65.1 cm³/mol. The van der Waals surface area contributed by atoms with Crippen molar-refractivity contribution in [2.75, 3.05) is 13.1 Å². The molecule has 0 radical (unpaired) electrons. The average molecular weight is 220 g/mol. The molecule has 1 heterocycles. The van der Waals surface area contributed by atoms with E-state index in [1.807, 2.05) is 0 Å². The normalized spacial score (nSPS) is 55.3. The van der Waals surface area contributed by atoms with Crippen LogP contribution in [-0.4, -0.2) is 29.6 Å². The number of nitrogens with two attached hydrogens (primary N) is 1. The molecular weight excluding hydrogens is 196 g/mol. The lowest BCUT2D eigenvalue weighted by atomic mass is 9.78. The first kappa shape index (κ1) is 9.90. The lowest BCUT2D eigenvalue weighted by molar-refractivity contribution is 0.0161. The third-order valence-electron chi connectivity index (χ3n) is 6.28. The fraction of sp³-hybridized carbons (Fsp3) is 1.00. The maximum absolute atomic E-state index is 6.23. The molecule has 1 aliphatic heterocycles. The van der Waals surface area contributed by atoms with Crippen molar-refractivity contribution >= 4 is 0 Å². The van der Waals surface area contributed by atoms with Crippen LogP contribution in [0.4, 0.5) is 0 Å². The Bertz CT molecular complexity index is 303. The summed E-state index contributed by atoms with van der Waals surface area (Å²) < 4.78 is 0. The fourth-order valence-electron chi connectivity index (χ4n) is 5.60. The Hall–Kier alpha value is -0.0800. The molecule has 0 aromatic heterocycles. The Kier molecular flexibility index (Phi) is 2.00. The van der Waals surface area contributed by atoms with Gasteiger partial charge in [0.2, 0.25) is 0 Å². The number of hydrogen-bond acceptors (Lipinski definition) is 2. The van der Waals surface area contributed by atoms with Crippen LogP contribution in [0.1, 0.15) is 44.9 Å². The van der Waals surface area contributed by atoms with E-state index in [2.05, 4.69) is 4.90 Å². The minimum Gasteiger partial charge on any atom is -0.329 e. The van der Waals surface area contributed by atoms with Gasteiger partial charge < -0.3 is 5.73 Å². The molecule has 3 aliphatic carbocycles. The van der Waals surface area contributed by atoms with Gasteiger partial charge in [-0.05, 0) is 56.3 Å². The van der Waals surface area contributed by atoms with Crippen LogP contribution in [-0.2, 0) is 0 Å². The Morgan fingerprint density at radius 3 is 2.44 bits per heavy atom. The summed E-state index contributed by atoms with van der Waals surface area (Å²) >= 11 is 0. The summed E-state index contributed by atoms with van der Waals surface area (Å²) in [5.41, 5.74) is 6.67. The zero-order valence-corrected chi connectivity index (χ0v) is 10.2. The number of piperidine rings is 1. The van der Waals surface area contributed by atoms with Crippen molar-refractivity contribution in [3.63, 3.8) is 0 Å². The van der Waals surface area contributed by atoms with Crippen LogP contribution in [0.25, 0.3) is 0 Å². The molecule has 0 aromatic carbocycles. The summed E-state index contributed by atoms with van der Waals surface area (Å²) in [5.74, 6) is 2.99. The largest absolute Gasteiger partial charge is 0.329 e. The van der Waals surface area contributed by atoms with Crippen LogP contribution in [0, 0.1) is 17.8 Å². The highest BCUT2D eigenvalue weighted by Gasteiger charge is 2.57. The lowest BCUT2D eigenvalue weighted by Crippen LogP contribution is -2.59. The highest BCUT2D eigenvalue weighted by atomic mass is 15.3. The summed E-state index contributed by atoms with van der Waals surface area (Å²) in [5, 5.41) is 0.